The Morgan fingerprint density at radius 1 is 0.905 bits per heavy atom. The van der Waals surface area contributed by atoms with Gasteiger partial charge in [-0.3, -0.25) is 0 Å². The van der Waals surface area contributed by atoms with Crippen molar-refractivity contribution >= 4 is 0 Å². The molecule has 0 aliphatic carbocycles. The molecule has 21 heavy (non-hydrogen) atoms. The number of benzene rings is 1. The molecule has 114 valence electrons. The minimum Gasteiger partial charge on any atom is -0.466 e. The molecular weight excluding hydrogens is 256 g/mol. The van der Waals surface area contributed by atoms with Crippen molar-refractivity contribution in [1.29, 1.82) is 0 Å². The van der Waals surface area contributed by atoms with Gasteiger partial charge in [-0.05, 0) is 35.4 Å². The van der Waals surface area contributed by atoms with Crippen LogP contribution in [0.2, 0.25) is 0 Å². The van der Waals surface area contributed by atoms with Gasteiger partial charge in [0.2, 0.25) is 0 Å². The molecule has 1 nitrogen and oxygen atoms in total. The van der Waals surface area contributed by atoms with Crippen LogP contribution in [0, 0.1) is 11.3 Å². The fourth-order valence-corrected chi connectivity index (χ4v) is 2.75. The summed E-state index contributed by atoms with van der Waals surface area (Å²) in [6, 6.07) is 15.0. The molecule has 1 unspecified atom stereocenters. The Morgan fingerprint density at radius 3 is 2.19 bits per heavy atom. The van der Waals surface area contributed by atoms with Gasteiger partial charge >= 0.3 is 0 Å². The van der Waals surface area contributed by atoms with Crippen LogP contribution in [0.4, 0.5) is 0 Å². The summed E-state index contributed by atoms with van der Waals surface area (Å²) in [6.07, 6.45) is 2.05. The summed E-state index contributed by atoms with van der Waals surface area (Å²) < 4.78 is 6.08. The molecule has 0 aliphatic heterocycles. The first kappa shape index (κ1) is 15.9. The Hall–Kier alpha value is -1.50. The zero-order valence-electron chi connectivity index (χ0n) is 14.0. The maximum absolute atomic E-state index is 6.08. The van der Waals surface area contributed by atoms with E-state index in [1.165, 1.54) is 5.56 Å². The minimum atomic E-state index is 0.206. The normalized spacial score (nSPS) is 13.6. The second-order valence-electron chi connectivity index (χ2n) is 7.34. The molecule has 1 heteroatoms. The highest BCUT2D eigenvalue weighted by atomic mass is 16.3. The molecule has 1 heterocycles. The largest absolute Gasteiger partial charge is 0.466 e. The van der Waals surface area contributed by atoms with E-state index in [0.29, 0.717) is 11.8 Å². The average Bonchev–Trinajstić information content (AvgIpc) is 2.85. The molecule has 0 aliphatic rings. The SMILES string of the molecule is CC(C)C(C)c1ccc(CC(C)(C)Cc2ccccc2)o1. The molecule has 0 spiro atoms. The van der Waals surface area contributed by atoms with Gasteiger partial charge in [0.05, 0.1) is 0 Å². The van der Waals surface area contributed by atoms with E-state index >= 15 is 0 Å². The van der Waals surface area contributed by atoms with Crippen molar-refractivity contribution in [3.63, 3.8) is 0 Å². The Kier molecular flexibility index (Phi) is 4.92. The lowest BCUT2D eigenvalue weighted by Crippen LogP contribution is -2.18. The highest BCUT2D eigenvalue weighted by Gasteiger charge is 2.22. The summed E-state index contributed by atoms with van der Waals surface area (Å²) in [6.45, 7) is 11.4. The molecule has 2 aromatic rings. The fraction of sp³-hybridized carbons (Fsp3) is 0.500. The topological polar surface area (TPSA) is 13.1 Å². The van der Waals surface area contributed by atoms with E-state index in [9.17, 15) is 0 Å². The van der Waals surface area contributed by atoms with Gasteiger partial charge in [0, 0.05) is 12.3 Å². The van der Waals surface area contributed by atoms with Crippen LogP contribution in [0.1, 0.15) is 57.6 Å². The fourth-order valence-electron chi connectivity index (χ4n) is 2.75. The zero-order valence-corrected chi connectivity index (χ0v) is 14.0. The average molecular weight is 284 g/mol. The quantitative estimate of drug-likeness (QED) is 0.648. The van der Waals surface area contributed by atoms with Gasteiger partial charge < -0.3 is 4.42 Å². The van der Waals surface area contributed by atoms with Crippen LogP contribution >= 0.6 is 0 Å². The maximum Gasteiger partial charge on any atom is 0.107 e. The summed E-state index contributed by atoms with van der Waals surface area (Å²) in [5.74, 6) is 3.33. The lowest BCUT2D eigenvalue weighted by Gasteiger charge is -2.23. The van der Waals surface area contributed by atoms with E-state index in [1.807, 2.05) is 0 Å². The highest BCUT2D eigenvalue weighted by molar-refractivity contribution is 5.18. The lowest BCUT2D eigenvalue weighted by molar-refractivity contribution is 0.311. The zero-order chi connectivity index (χ0) is 15.5. The van der Waals surface area contributed by atoms with Crippen LogP contribution in [0.25, 0.3) is 0 Å². The van der Waals surface area contributed by atoms with Crippen LogP contribution in [0.15, 0.2) is 46.9 Å². The lowest BCUT2D eigenvalue weighted by atomic mass is 9.82. The summed E-state index contributed by atoms with van der Waals surface area (Å²) in [5, 5.41) is 0. The van der Waals surface area contributed by atoms with Crippen LogP contribution in [-0.2, 0) is 12.8 Å². The maximum atomic E-state index is 6.08. The minimum absolute atomic E-state index is 0.206. The standard InChI is InChI=1S/C20H28O/c1-15(2)16(3)19-12-11-18(21-19)14-20(4,5)13-17-9-7-6-8-10-17/h6-12,15-16H,13-14H2,1-5H3. The van der Waals surface area contributed by atoms with Crippen LogP contribution in [0.3, 0.4) is 0 Å². The van der Waals surface area contributed by atoms with Gasteiger partial charge in [0.25, 0.3) is 0 Å². The van der Waals surface area contributed by atoms with E-state index in [1.54, 1.807) is 0 Å². The predicted molar refractivity (Wildman–Crippen MR) is 89.6 cm³/mol. The number of furan rings is 1. The third-order valence-electron chi connectivity index (χ3n) is 4.31. The van der Waals surface area contributed by atoms with Crippen LogP contribution in [0.5, 0.6) is 0 Å². The molecule has 0 amide bonds. The molecule has 0 bridgehead atoms. The molecule has 1 aromatic heterocycles. The first-order chi connectivity index (χ1) is 9.87. The Labute approximate surface area is 129 Å². The van der Waals surface area contributed by atoms with Crippen molar-refractivity contribution in [2.45, 2.75) is 53.4 Å². The molecule has 0 radical (unpaired) electrons. The third kappa shape index (κ3) is 4.49. The van der Waals surface area contributed by atoms with Crippen molar-refractivity contribution in [3.05, 3.63) is 59.5 Å². The first-order valence-electron chi connectivity index (χ1n) is 8.00. The summed E-state index contributed by atoms with van der Waals surface area (Å²) in [4.78, 5) is 0. The number of hydrogen-bond acceptors (Lipinski definition) is 1. The van der Waals surface area contributed by atoms with E-state index in [0.717, 1.165) is 24.4 Å². The number of hydrogen-bond donors (Lipinski definition) is 0. The van der Waals surface area contributed by atoms with Crippen molar-refractivity contribution in [1.82, 2.24) is 0 Å². The second kappa shape index (κ2) is 6.51. The Balaban J connectivity index is 2.03. The molecule has 0 saturated heterocycles. The van der Waals surface area contributed by atoms with Crippen molar-refractivity contribution in [2.75, 3.05) is 0 Å². The molecule has 1 aromatic carbocycles. The highest BCUT2D eigenvalue weighted by Crippen LogP contribution is 2.30. The second-order valence-corrected chi connectivity index (χ2v) is 7.34. The molecular formula is C20H28O. The molecule has 0 saturated carbocycles. The predicted octanol–water partition coefficient (Wildman–Crippen LogP) is 5.85. The molecule has 0 N–H and O–H groups in total. The molecule has 2 rings (SSSR count). The van der Waals surface area contributed by atoms with Gasteiger partial charge in [-0.25, -0.2) is 0 Å². The smallest absolute Gasteiger partial charge is 0.107 e. The Morgan fingerprint density at radius 2 is 1.57 bits per heavy atom. The van der Waals surface area contributed by atoms with Crippen molar-refractivity contribution in [3.8, 4) is 0 Å². The summed E-state index contributed by atoms with van der Waals surface area (Å²) in [5.41, 5.74) is 1.60. The van der Waals surface area contributed by atoms with Gasteiger partial charge in [-0.1, -0.05) is 65.0 Å². The summed E-state index contributed by atoms with van der Waals surface area (Å²) >= 11 is 0. The van der Waals surface area contributed by atoms with Crippen molar-refractivity contribution in [2.24, 2.45) is 11.3 Å². The van der Waals surface area contributed by atoms with E-state index in [-0.39, 0.29) is 5.41 Å². The van der Waals surface area contributed by atoms with E-state index in [4.69, 9.17) is 4.42 Å². The van der Waals surface area contributed by atoms with E-state index < -0.39 is 0 Å². The van der Waals surface area contributed by atoms with Gasteiger partial charge in [-0.2, -0.15) is 0 Å². The van der Waals surface area contributed by atoms with Gasteiger partial charge in [0.15, 0.2) is 0 Å². The number of rotatable bonds is 6. The van der Waals surface area contributed by atoms with E-state index in [2.05, 4.69) is 77.1 Å². The van der Waals surface area contributed by atoms with Crippen LogP contribution < -0.4 is 0 Å². The Bertz CT molecular complexity index is 548. The first-order valence-corrected chi connectivity index (χ1v) is 8.00. The molecule has 1 atom stereocenters. The van der Waals surface area contributed by atoms with Crippen LogP contribution in [-0.4, -0.2) is 0 Å². The summed E-state index contributed by atoms with van der Waals surface area (Å²) in [7, 11) is 0. The molecule has 0 fully saturated rings. The third-order valence-corrected chi connectivity index (χ3v) is 4.31. The van der Waals surface area contributed by atoms with Gasteiger partial charge in [0.1, 0.15) is 11.5 Å². The van der Waals surface area contributed by atoms with Crippen molar-refractivity contribution < 1.29 is 4.42 Å². The monoisotopic (exact) mass is 284 g/mol. The van der Waals surface area contributed by atoms with Gasteiger partial charge in [-0.15, -0.1) is 0 Å².